The lowest BCUT2D eigenvalue weighted by Gasteiger charge is -2.36. The quantitative estimate of drug-likeness (QED) is 0.290. The number of rotatable bonds is 9. The number of hydrogen-bond donors (Lipinski definition) is 1. The first-order valence-corrected chi connectivity index (χ1v) is 17.5. The highest BCUT2D eigenvalue weighted by molar-refractivity contribution is 7.90. The van der Waals surface area contributed by atoms with E-state index in [9.17, 15) is 23.3 Å². The summed E-state index contributed by atoms with van der Waals surface area (Å²) >= 11 is 0. The zero-order chi connectivity index (χ0) is 33.3. The van der Waals surface area contributed by atoms with Crippen LogP contribution in [-0.4, -0.2) is 84.1 Å². The average molecular weight is 657 g/mol. The van der Waals surface area contributed by atoms with Crippen LogP contribution < -0.4 is 15.7 Å². The molecule has 4 aromatic rings. The van der Waals surface area contributed by atoms with Crippen molar-refractivity contribution in [2.45, 2.75) is 62.2 Å². The minimum absolute atomic E-state index is 0.0762. The van der Waals surface area contributed by atoms with Crippen molar-refractivity contribution in [1.29, 1.82) is 5.26 Å². The van der Waals surface area contributed by atoms with Crippen LogP contribution >= 0.6 is 0 Å². The van der Waals surface area contributed by atoms with E-state index < -0.39 is 21.8 Å². The van der Waals surface area contributed by atoms with E-state index in [1.54, 1.807) is 29.2 Å². The monoisotopic (exact) mass is 656 g/mol. The summed E-state index contributed by atoms with van der Waals surface area (Å²) in [5.74, 6) is 0.159. The number of methoxy groups -OCH3 is 1. The van der Waals surface area contributed by atoms with Crippen molar-refractivity contribution < 1.29 is 17.9 Å². The molecule has 1 aromatic heterocycles. The number of likely N-dealkylation sites (tertiary alicyclic amines) is 2. The summed E-state index contributed by atoms with van der Waals surface area (Å²) in [6.45, 7) is 7.50. The number of piperidine rings is 1. The van der Waals surface area contributed by atoms with E-state index in [1.807, 2.05) is 6.07 Å². The molecule has 0 bridgehead atoms. The highest BCUT2D eigenvalue weighted by Crippen LogP contribution is 2.30. The van der Waals surface area contributed by atoms with Crippen molar-refractivity contribution in [3.8, 4) is 11.8 Å². The van der Waals surface area contributed by atoms with E-state index in [2.05, 4.69) is 30.1 Å². The summed E-state index contributed by atoms with van der Waals surface area (Å²) in [5, 5.41) is 13.5. The maximum Gasteiger partial charge on any atom is 0.344 e. The lowest BCUT2D eigenvalue weighted by Crippen LogP contribution is -2.49. The molecule has 12 heteroatoms. The Labute approximate surface area is 275 Å². The first-order chi connectivity index (χ1) is 22.6. The van der Waals surface area contributed by atoms with E-state index in [-0.39, 0.29) is 33.4 Å². The van der Waals surface area contributed by atoms with Crippen molar-refractivity contribution in [3.63, 3.8) is 0 Å². The molecule has 0 radical (unpaired) electrons. The van der Waals surface area contributed by atoms with Gasteiger partial charge < -0.3 is 19.9 Å². The van der Waals surface area contributed by atoms with Gasteiger partial charge in [0.15, 0.2) is 0 Å². The number of imidazole rings is 1. The van der Waals surface area contributed by atoms with Gasteiger partial charge in [-0.1, -0.05) is 30.3 Å². The lowest BCUT2D eigenvalue weighted by atomic mass is 10.0. The Morgan fingerprint density at radius 1 is 0.936 bits per heavy atom. The largest absolute Gasteiger partial charge is 0.497 e. The van der Waals surface area contributed by atoms with Crippen LogP contribution in [-0.2, 0) is 14.8 Å². The molecule has 1 amide bonds. The topological polar surface area (TPSA) is 130 Å². The molecule has 6 rings (SSSR count). The van der Waals surface area contributed by atoms with Crippen molar-refractivity contribution in [2.24, 2.45) is 0 Å². The van der Waals surface area contributed by atoms with Crippen LogP contribution in [0.1, 0.15) is 50.3 Å². The molecule has 3 heterocycles. The molecular formula is C35H40N6O5S. The van der Waals surface area contributed by atoms with E-state index in [0.29, 0.717) is 36.5 Å². The molecule has 0 spiro atoms. The zero-order valence-corrected chi connectivity index (χ0v) is 27.7. The lowest BCUT2D eigenvalue weighted by molar-refractivity contribution is -0.132. The summed E-state index contributed by atoms with van der Waals surface area (Å²) in [5.41, 5.74) is 0.143. The maximum absolute atomic E-state index is 14.5. The third kappa shape index (κ3) is 6.31. The molecular weight excluding hydrogens is 616 g/mol. The second-order valence-corrected chi connectivity index (χ2v) is 14.4. The summed E-state index contributed by atoms with van der Waals surface area (Å²) in [6.07, 6.45) is 2.88. The van der Waals surface area contributed by atoms with Crippen LogP contribution in [0.2, 0.25) is 0 Å². The van der Waals surface area contributed by atoms with E-state index in [0.717, 1.165) is 36.3 Å². The van der Waals surface area contributed by atoms with Gasteiger partial charge in [0.2, 0.25) is 0 Å². The molecule has 246 valence electrons. The molecule has 11 nitrogen and oxygen atoms in total. The van der Waals surface area contributed by atoms with Crippen LogP contribution in [0.5, 0.6) is 5.75 Å². The van der Waals surface area contributed by atoms with Crippen molar-refractivity contribution in [3.05, 3.63) is 94.4 Å². The van der Waals surface area contributed by atoms with Gasteiger partial charge in [-0.05, 0) is 94.2 Å². The predicted molar refractivity (Wildman–Crippen MR) is 179 cm³/mol. The summed E-state index contributed by atoms with van der Waals surface area (Å²) in [6, 6.07) is 21.0. The van der Waals surface area contributed by atoms with Gasteiger partial charge >= 0.3 is 5.69 Å². The standard InChI is InChI=1S/C35H40N6O5S/c1-24(2)38-18-15-27(16-19-38)37-28-17-20-39(23-28)34(42)33(26-7-5-4-6-8-26)40-32-21-25(22-36)9-14-31(32)41(35(40)43)47(44,45)30-12-10-29(46-3)11-13-30/h4-14,21,24,27-28,33,37H,15-20,23H2,1-3H3. The fourth-order valence-electron chi connectivity index (χ4n) is 6.82. The molecule has 2 saturated heterocycles. The van der Waals surface area contributed by atoms with E-state index in [1.165, 1.54) is 54.1 Å². The molecule has 2 aliphatic rings. The third-order valence-electron chi connectivity index (χ3n) is 9.40. The van der Waals surface area contributed by atoms with Crippen molar-refractivity contribution in [2.75, 3.05) is 33.3 Å². The number of fused-ring (bicyclic) bond motifs is 1. The third-order valence-corrected chi connectivity index (χ3v) is 11.1. The van der Waals surface area contributed by atoms with Gasteiger partial charge in [0.1, 0.15) is 11.8 Å². The minimum Gasteiger partial charge on any atom is -0.497 e. The SMILES string of the molecule is COc1ccc(S(=O)(=O)n2c(=O)n(C(C(=O)N3CCC(NC4CCN(C(C)C)CC4)C3)c3ccccc3)c3cc(C#N)ccc32)cc1. The number of aromatic nitrogens is 2. The Bertz CT molecular complexity index is 1960. The first kappa shape index (κ1) is 32.5. The number of nitrogens with zero attached hydrogens (tertiary/aromatic N) is 5. The Balaban J connectivity index is 1.39. The van der Waals surface area contributed by atoms with Crippen LogP contribution in [0.15, 0.2) is 82.5 Å². The van der Waals surface area contributed by atoms with Crippen LogP contribution in [0.3, 0.4) is 0 Å². The second kappa shape index (κ2) is 13.4. The number of carbonyl (C=O) groups is 1. The number of amides is 1. The number of hydrogen-bond acceptors (Lipinski definition) is 8. The van der Waals surface area contributed by atoms with Crippen molar-refractivity contribution in [1.82, 2.24) is 23.7 Å². The number of benzene rings is 3. The highest BCUT2D eigenvalue weighted by atomic mass is 32.2. The number of ether oxygens (including phenoxy) is 1. The number of nitriles is 1. The minimum atomic E-state index is -4.41. The normalized spacial score (nSPS) is 18.4. The van der Waals surface area contributed by atoms with Gasteiger partial charge in [-0.2, -0.15) is 9.23 Å². The Morgan fingerprint density at radius 2 is 1.62 bits per heavy atom. The molecule has 47 heavy (non-hydrogen) atoms. The molecule has 2 fully saturated rings. The second-order valence-electron chi connectivity index (χ2n) is 12.6. The summed E-state index contributed by atoms with van der Waals surface area (Å²) in [7, 11) is -2.93. The van der Waals surface area contributed by atoms with Crippen LogP contribution in [0, 0.1) is 11.3 Å². The Hall–Kier alpha value is -4.44. The molecule has 2 aliphatic heterocycles. The fourth-order valence-corrected chi connectivity index (χ4v) is 8.22. The molecule has 0 saturated carbocycles. The average Bonchev–Trinajstić information content (AvgIpc) is 3.67. The highest BCUT2D eigenvalue weighted by Gasteiger charge is 2.37. The van der Waals surface area contributed by atoms with Gasteiger partial charge in [0.05, 0.1) is 34.7 Å². The molecule has 1 N–H and O–H groups in total. The predicted octanol–water partition coefficient (Wildman–Crippen LogP) is 3.57. The number of nitrogens with one attached hydrogen (secondary N) is 1. The van der Waals surface area contributed by atoms with Gasteiger partial charge in [-0.15, -0.1) is 0 Å². The molecule has 0 aliphatic carbocycles. The smallest absolute Gasteiger partial charge is 0.344 e. The number of carbonyl (C=O) groups excluding carboxylic acids is 1. The fraction of sp³-hybridized carbons (Fsp3) is 0.400. The molecule has 3 aromatic carbocycles. The zero-order valence-electron chi connectivity index (χ0n) is 26.9. The van der Waals surface area contributed by atoms with Crippen LogP contribution in [0.25, 0.3) is 11.0 Å². The molecule has 2 atom stereocenters. The van der Waals surface area contributed by atoms with Gasteiger partial charge in [0.25, 0.3) is 15.9 Å². The van der Waals surface area contributed by atoms with E-state index in [4.69, 9.17) is 4.74 Å². The van der Waals surface area contributed by atoms with Gasteiger partial charge in [-0.3, -0.25) is 9.36 Å². The van der Waals surface area contributed by atoms with Crippen molar-refractivity contribution >= 4 is 27.0 Å². The van der Waals surface area contributed by atoms with Gasteiger partial charge in [-0.25, -0.2) is 13.2 Å². The van der Waals surface area contributed by atoms with Crippen LogP contribution in [0.4, 0.5) is 0 Å². The Kier molecular flexibility index (Phi) is 9.23. The summed E-state index contributed by atoms with van der Waals surface area (Å²) in [4.78, 5) is 33.1. The Morgan fingerprint density at radius 3 is 2.26 bits per heavy atom. The molecule has 2 unspecified atom stereocenters. The summed E-state index contributed by atoms with van der Waals surface area (Å²) < 4.78 is 35.2. The maximum atomic E-state index is 14.5. The van der Waals surface area contributed by atoms with E-state index >= 15 is 0 Å². The van der Waals surface area contributed by atoms with Gasteiger partial charge in [0, 0.05) is 31.2 Å². The first-order valence-electron chi connectivity index (χ1n) is 16.0.